The molecular weight excluding hydrogens is 256 g/mol. The fraction of sp³-hybridized carbons (Fsp3) is 0.500. The van der Waals surface area contributed by atoms with Crippen LogP contribution in [0.3, 0.4) is 0 Å². The van der Waals surface area contributed by atoms with Gasteiger partial charge in [0.1, 0.15) is 5.84 Å². The van der Waals surface area contributed by atoms with Crippen molar-refractivity contribution in [3.63, 3.8) is 0 Å². The Kier molecular flexibility index (Phi) is 4.37. The maximum absolute atomic E-state index is 5.92. The highest BCUT2D eigenvalue weighted by Crippen LogP contribution is 2.22. The van der Waals surface area contributed by atoms with Crippen molar-refractivity contribution < 1.29 is 0 Å². The molecule has 1 heterocycles. The van der Waals surface area contributed by atoms with Crippen LogP contribution in [0, 0.1) is 5.92 Å². The SMILES string of the molecule is CC(C)Cc1ccc(C(C)C2=NNC(S)N2N)cc1. The molecule has 3 N–H and O–H groups in total. The average molecular weight is 278 g/mol. The molecule has 1 aromatic rings. The summed E-state index contributed by atoms with van der Waals surface area (Å²) < 4.78 is 0. The summed E-state index contributed by atoms with van der Waals surface area (Å²) in [4.78, 5) is 0. The first-order valence-corrected chi connectivity index (χ1v) is 7.14. The molecule has 1 aromatic carbocycles. The quantitative estimate of drug-likeness (QED) is 0.585. The number of benzene rings is 1. The van der Waals surface area contributed by atoms with E-state index in [1.165, 1.54) is 11.1 Å². The van der Waals surface area contributed by atoms with Gasteiger partial charge in [-0.1, -0.05) is 45.0 Å². The standard InChI is InChI=1S/C14H22N4S/c1-9(2)8-11-4-6-12(7-5-11)10(3)13-16-17-14(19)18(13)15/h4-7,9-10,14,17,19H,8,15H2,1-3H3. The molecule has 0 saturated heterocycles. The normalized spacial score (nSPS) is 20.4. The van der Waals surface area contributed by atoms with Crippen LogP contribution in [0.25, 0.3) is 0 Å². The van der Waals surface area contributed by atoms with Gasteiger partial charge in [0.25, 0.3) is 0 Å². The number of thiol groups is 1. The lowest BCUT2D eigenvalue weighted by molar-refractivity contribution is 0.403. The minimum absolute atomic E-state index is 0.155. The van der Waals surface area contributed by atoms with E-state index in [9.17, 15) is 0 Å². The Labute approximate surface area is 120 Å². The van der Waals surface area contributed by atoms with Crippen molar-refractivity contribution in [3.05, 3.63) is 35.4 Å². The largest absolute Gasteiger partial charge is 0.275 e. The van der Waals surface area contributed by atoms with E-state index in [1.54, 1.807) is 5.01 Å². The Bertz CT molecular complexity index is 455. The molecule has 4 nitrogen and oxygen atoms in total. The van der Waals surface area contributed by atoms with Crippen LogP contribution in [0.4, 0.5) is 0 Å². The van der Waals surface area contributed by atoms with Crippen molar-refractivity contribution in [3.8, 4) is 0 Å². The maximum atomic E-state index is 5.92. The van der Waals surface area contributed by atoms with Crippen molar-refractivity contribution in [1.29, 1.82) is 0 Å². The molecule has 0 bridgehead atoms. The first kappa shape index (κ1) is 14.2. The number of hydrazone groups is 1. The highest BCUT2D eigenvalue weighted by Gasteiger charge is 2.26. The average Bonchev–Trinajstić information content (AvgIpc) is 2.69. The van der Waals surface area contributed by atoms with Crippen molar-refractivity contribution >= 4 is 18.5 Å². The first-order chi connectivity index (χ1) is 8.99. The summed E-state index contributed by atoms with van der Waals surface area (Å²) in [7, 11) is 0. The lowest BCUT2D eigenvalue weighted by Gasteiger charge is -2.21. The van der Waals surface area contributed by atoms with E-state index in [4.69, 9.17) is 5.84 Å². The van der Waals surface area contributed by atoms with Crippen molar-refractivity contribution in [2.24, 2.45) is 16.9 Å². The molecule has 2 unspecified atom stereocenters. The Morgan fingerprint density at radius 1 is 1.32 bits per heavy atom. The minimum Gasteiger partial charge on any atom is -0.275 e. The van der Waals surface area contributed by atoms with Gasteiger partial charge in [-0.3, -0.25) is 10.4 Å². The number of nitrogens with two attached hydrogens (primary N) is 1. The molecule has 0 aromatic heterocycles. The lowest BCUT2D eigenvalue weighted by atomic mass is 9.96. The monoisotopic (exact) mass is 278 g/mol. The Balaban J connectivity index is 2.10. The van der Waals surface area contributed by atoms with Gasteiger partial charge in [0.2, 0.25) is 0 Å². The Hall–Kier alpha value is -1.20. The molecule has 0 amide bonds. The predicted molar refractivity (Wildman–Crippen MR) is 82.8 cm³/mol. The first-order valence-electron chi connectivity index (χ1n) is 6.63. The Morgan fingerprint density at radius 2 is 1.95 bits per heavy atom. The molecule has 0 spiro atoms. The van der Waals surface area contributed by atoms with E-state index in [2.05, 4.69) is 68.2 Å². The van der Waals surface area contributed by atoms with Crippen LogP contribution in [0.2, 0.25) is 0 Å². The molecule has 1 aliphatic heterocycles. The second-order valence-electron chi connectivity index (χ2n) is 5.44. The van der Waals surface area contributed by atoms with Crippen LogP contribution in [0.15, 0.2) is 29.4 Å². The number of amidine groups is 1. The molecule has 2 atom stereocenters. The summed E-state index contributed by atoms with van der Waals surface area (Å²) in [6.45, 7) is 6.56. The zero-order valence-corrected chi connectivity index (χ0v) is 12.6. The molecule has 2 rings (SSSR count). The number of nitrogens with one attached hydrogen (secondary N) is 1. The molecule has 104 valence electrons. The zero-order chi connectivity index (χ0) is 14.0. The van der Waals surface area contributed by atoms with Gasteiger partial charge in [-0.25, -0.2) is 5.84 Å². The zero-order valence-electron chi connectivity index (χ0n) is 11.7. The molecule has 0 aliphatic carbocycles. The Morgan fingerprint density at radius 3 is 2.42 bits per heavy atom. The topological polar surface area (TPSA) is 53.7 Å². The van der Waals surface area contributed by atoms with Crippen LogP contribution in [-0.2, 0) is 6.42 Å². The number of nitrogens with zero attached hydrogens (tertiary/aromatic N) is 2. The molecule has 0 saturated carbocycles. The van der Waals surface area contributed by atoms with Crippen molar-refractivity contribution in [2.75, 3.05) is 0 Å². The third-order valence-corrected chi connectivity index (χ3v) is 3.70. The fourth-order valence-corrected chi connectivity index (χ4v) is 2.43. The highest BCUT2D eigenvalue weighted by atomic mass is 32.1. The summed E-state index contributed by atoms with van der Waals surface area (Å²) in [5.74, 6) is 7.57. The smallest absolute Gasteiger partial charge is 0.175 e. The number of hydrazine groups is 1. The van der Waals surface area contributed by atoms with E-state index in [0.29, 0.717) is 5.92 Å². The predicted octanol–water partition coefficient (Wildman–Crippen LogP) is 2.29. The van der Waals surface area contributed by atoms with Crippen molar-refractivity contribution in [1.82, 2.24) is 10.4 Å². The van der Waals surface area contributed by atoms with Crippen molar-refractivity contribution in [2.45, 2.75) is 38.6 Å². The number of hydrogen-bond donors (Lipinski definition) is 3. The van der Waals surface area contributed by atoms with E-state index in [-0.39, 0.29) is 11.4 Å². The molecular formula is C14H22N4S. The minimum atomic E-state index is -0.238. The fourth-order valence-electron chi connectivity index (χ4n) is 2.25. The van der Waals surface area contributed by atoms with Crippen LogP contribution in [-0.4, -0.2) is 16.3 Å². The van der Waals surface area contributed by atoms with Crippen LogP contribution in [0.5, 0.6) is 0 Å². The summed E-state index contributed by atoms with van der Waals surface area (Å²) >= 11 is 4.28. The number of rotatable bonds is 4. The number of hydrogen-bond acceptors (Lipinski definition) is 5. The molecule has 0 radical (unpaired) electrons. The molecule has 0 fully saturated rings. The van der Waals surface area contributed by atoms with Crippen LogP contribution in [0.1, 0.15) is 37.8 Å². The van der Waals surface area contributed by atoms with Crippen LogP contribution < -0.4 is 11.3 Å². The molecule has 19 heavy (non-hydrogen) atoms. The molecule has 5 heteroatoms. The van der Waals surface area contributed by atoms with Gasteiger partial charge in [-0.15, -0.1) is 12.6 Å². The van der Waals surface area contributed by atoms with Gasteiger partial charge in [0.05, 0.1) is 0 Å². The summed E-state index contributed by atoms with van der Waals surface area (Å²) in [5, 5.41) is 5.80. The third kappa shape index (κ3) is 3.22. The third-order valence-electron chi connectivity index (χ3n) is 3.33. The molecule has 1 aliphatic rings. The highest BCUT2D eigenvalue weighted by molar-refractivity contribution is 7.80. The summed E-state index contributed by atoms with van der Waals surface area (Å²) in [6, 6.07) is 8.69. The second kappa shape index (κ2) is 5.84. The maximum Gasteiger partial charge on any atom is 0.175 e. The second-order valence-corrected chi connectivity index (χ2v) is 5.93. The van der Waals surface area contributed by atoms with E-state index in [1.807, 2.05) is 0 Å². The van der Waals surface area contributed by atoms with Gasteiger partial charge in [-0.2, -0.15) is 5.10 Å². The lowest BCUT2D eigenvalue weighted by Crippen LogP contribution is -2.43. The van der Waals surface area contributed by atoms with E-state index >= 15 is 0 Å². The van der Waals surface area contributed by atoms with Gasteiger partial charge in [-0.05, 0) is 23.5 Å². The van der Waals surface area contributed by atoms with Gasteiger partial charge in [0.15, 0.2) is 5.50 Å². The van der Waals surface area contributed by atoms with Gasteiger partial charge < -0.3 is 0 Å². The summed E-state index contributed by atoms with van der Waals surface area (Å²) in [6.07, 6.45) is 1.11. The van der Waals surface area contributed by atoms with Crippen LogP contribution >= 0.6 is 12.6 Å². The van der Waals surface area contributed by atoms with E-state index in [0.717, 1.165) is 12.3 Å². The summed E-state index contributed by atoms with van der Waals surface area (Å²) in [5.41, 5.74) is 5.21. The van der Waals surface area contributed by atoms with E-state index < -0.39 is 0 Å². The van der Waals surface area contributed by atoms with Gasteiger partial charge >= 0.3 is 0 Å². The van der Waals surface area contributed by atoms with Gasteiger partial charge in [0, 0.05) is 5.92 Å².